The molecule has 1 unspecified atom stereocenters. The zero-order valence-electron chi connectivity index (χ0n) is 13.7. The quantitative estimate of drug-likeness (QED) is 0.350. The summed E-state index contributed by atoms with van der Waals surface area (Å²) in [5, 5.41) is 7.15. The molecular formula is C15H18F3IN4OS2. The summed E-state index contributed by atoms with van der Waals surface area (Å²) in [6.45, 7) is 0.537. The summed E-state index contributed by atoms with van der Waals surface area (Å²) in [6, 6.07) is 9.09. The zero-order valence-corrected chi connectivity index (χ0v) is 17.7. The second-order valence-corrected chi connectivity index (χ2v) is 7.35. The van der Waals surface area contributed by atoms with Crippen LogP contribution in [-0.2, 0) is 23.5 Å². The third kappa shape index (κ3) is 7.19. The van der Waals surface area contributed by atoms with Gasteiger partial charge >= 0.3 is 6.18 Å². The number of guanidine groups is 1. The number of benzene rings is 1. The molecule has 1 aromatic heterocycles. The summed E-state index contributed by atoms with van der Waals surface area (Å²) in [4.78, 5) is 8.26. The minimum absolute atomic E-state index is 0. The van der Waals surface area contributed by atoms with Crippen LogP contribution in [0.3, 0.4) is 0 Å². The van der Waals surface area contributed by atoms with Gasteiger partial charge in [0.15, 0.2) is 11.7 Å². The van der Waals surface area contributed by atoms with E-state index < -0.39 is 22.7 Å². The van der Waals surface area contributed by atoms with E-state index in [9.17, 15) is 17.4 Å². The van der Waals surface area contributed by atoms with Crippen molar-refractivity contribution in [1.29, 1.82) is 0 Å². The number of halogens is 4. The van der Waals surface area contributed by atoms with Crippen LogP contribution < -0.4 is 10.6 Å². The number of rotatable bonds is 6. The molecule has 5 nitrogen and oxygen atoms in total. The predicted octanol–water partition coefficient (Wildman–Crippen LogP) is 3.25. The van der Waals surface area contributed by atoms with E-state index in [-0.39, 0.29) is 30.5 Å². The van der Waals surface area contributed by atoms with Gasteiger partial charge in [-0.3, -0.25) is 9.20 Å². The van der Waals surface area contributed by atoms with Gasteiger partial charge in [-0.1, -0.05) is 18.2 Å². The highest BCUT2D eigenvalue weighted by Gasteiger charge is 2.33. The maximum atomic E-state index is 12.5. The van der Waals surface area contributed by atoms with Gasteiger partial charge in [0.05, 0.1) is 17.3 Å². The van der Waals surface area contributed by atoms with Gasteiger partial charge in [-0.15, -0.1) is 35.3 Å². The molecule has 144 valence electrons. The van der Waals surface area contributed by atoms with E-state index in [0.29, 0.717) is 23.3 Å². The summed E-state index contributed by atoms with van der Waals surface area (Å²) in [5.41, 5.74) is -0.893. The van der Waals surface area contributed by atoms with E-state index in [2.05, 4.69) is 20.6 Å². The first-order chi connectivity index (χ1) is 11.9. The molecule has 0 aliphatic carbocycles. The molecular weight excluding hydrogens is 500 g/mol. The smallest absolute Gasteiger partial charge is 0.355 e. The molecule has 0 fully saturated rings. The molecule has 1 aromatic carbocycles. The van der Waals surface area contributed by atoms with Crippen LogP contribution in [0.5, 0.6) is 0 Å². The number of nitrogens with one attached hydrogen (secondary N) is 2. The molecule has 1 heterocycles. The maximum Gasteiger partial charge on any atom is 0.434 e. The largest absolute Gasteiger partial charge is 0.434 e. The van der Waals surface area contributed by atoms with Crippen molar-refractivity contribution >= 4 is 52.1 Å². The van der Waals surface area contributed by atoms with Crippen LogP contribution in [0, 0.1) is 0 Å². The zero-order chi connectivity index (χ0) is 18.3. The fourth-order valence-electron chi connectivity index (χ4n) is 1.85. The van der Waals surface area contributed by atoms with Crippen molar-refractivity contribution < 1.29 is 17.4 Å². The molecule has 0 spiro atoms. The van der Waals surface area contributed by atoms with Crippen LogP contribution in [0.25, 0.3) is 0 Å². The molecule has 0 amide bonds. The summed E-state index contributed by atoms with van der Waals surface area (Å²) in [7, 11) is 0.419. The molecule has 0 aliphatic heterocycles. The van der Waals surface area contributed by atoms with Gasteiger partial charge < -0.3 is 10.6 Å². The highest BCUT2D eigenvalue weighted by Crippen LogP contribution is 2.29. The van der Waals surface area contributed by atoms with Crippen molar-refractivity contribution in [1.82, 2.24) is 15.6 Å². The highest BCUT2D eigenvalue weighted by molar-refractivity contribution is 14.0. The Morgan fingerprint density at radius 1 is 1.27 bits per heavy atom. The second-order valence-electron chi connectivity index (χ2n) is 4.84. The van der Waals surface area contributed by atoms with Crippen molar-refractivity contribution in [3.63, 3.8) is 0 Å². The van der Waals surface area contributed by atoms with Crippen molar-refractivity contribution in [2.24, 2.45) is 4.99 Å². The van der Waals surface area contributed by atoms with Gasteiger partial charge in [-0.25, -0.2) is 4.98 Å². The predicted molar refractivity (Wildman–Crippen MR) is 108 cm³/mol. The summed E-state index contributed by atoms with van der Waals surface area (Å²) in [6.07, 6.45) is -4.43. The van der Waals surface area contributed by atoms with Crippen LogP contribution in [0.2, 0.25) is 0 Å². The Labute approximate surface area is 173 Å². The van der Waals surface area contributed by atoms with Crippen molar-refractivity contribution in [3.05, 3.63) is 46.4 Å². The van der Waals surface area contributed by atoms with Gasteiger partial charge in [0, 0.05) is 29.6 Å². The Morgan fingerprint density at radius 2 is 1.96 bits per heavy atom. The SMILES string of the molecule is CN=C(NCCS(=O)c1ccccc1)NCc1nc(C(F)(F)F)cs1.I. The molecule has 0 saturated carbocycles. The number of thiazole rings is 1. The van der Waals surface area contributed by atoms with Crippen LogP contribution in [0.4, 0.5) is 13.2 Å². The van der Waals surface area contributed by atoms with E-state index in [1.807, 2.05) is 18.2 Å². The van der Waals surface area contributed by atoms with E-state index in [0.717, 1.165) is 21.6 Å². The average Bonchev–Trinajstić information content (AvgIpc) is 3.08. The van der Waals surface area contributed by atoms with Gasteiger partial charge in [-0.2, -0.15) is 13.2 Å². The van der Waals surface area contributed by atoms with Gasteiger partial charge in [-0.05, 0) is 12.1 Å². The van der Waals surface area contributed by atoms with E-state index in [4.69, 9.17) is 0 Å². The molecule has 0 saturated heterocycles. The molecule has 1 atom stereocenters. The minimum Gasteiger partial charge on any atom is -0.355 e. The van der Waals surface area contributed by atoms with Gasteiger partial charge in [0.1, 0.15) is 5.01 Å². The van der Waals surface area contributed by atoms with Crippen molar-refractivity contribution in [2.75, 3.05) is 19.3 Å². The number of aliphatic imine (C=N–C) groups is 1. The Balaban J connectivity index is 0.00000338. The number of nitrogens with zero attached hydrogens (tertiary/aromatic N) is 2. The fourth-order valence-corrected chi connectivity index (χ4v) is 3.58. The molecule has 26 heavy (non-hydrogen) atoms. The van der Waals surface area contributed by atoms with Crippen LogP contribution in [-0.4, -0.2) is 34.5 Å². The van der Waals surface area contributed by atoms with Gasteiger partial charge in [0.2, 0.25) is 0 Å². The third-order valence-corrected chi connectivity index (χ3v) is 5.28. The van der Waals surface area contributed by atoms with Crippen molar-refractivity contribution in [3.8, 4) is 0 Å². The molecule has 2 N–H and O–H groups in total. The Morgan fingerprint density at radius 3 is 2.54 bits per heavy atom. The number of hydrogen-bond acceptors (Lipinski definition) is 4. The minimum atomic E-state index is -4.43. The first-order valence-electron chi connectivity index (χ1n) is 7.29. The lowest BCUT2D eigenvalue weighted by atomic mass is 10.4. The fraction of sp³-hybridized carbons (Fsp3) is 0.333. The summed E-state index contributed by atoms with van der Waals surface area (Å²) < 4.78 is 49.6. The lowest BCUT2D eigenvalue weighted by molar-refractivity contribution is -0.140. The number of aromatic nitrogens is 1. The lowest BCUT2D eigenvalue weighted by Gasteiger charge is -2.10. The topological polar surface area (TPSA) is 66.4 Å². The van der Waals surface area contributed by atoms with E-state index in [1.54, 1.807) is 19.2 Å². The first kappa shape index (κ1) is 22.8. The van der Waals surface area contributed by atoms with Crippen molar-refractivity contribution in [2.45, 2.75) is 17.6 Å². The molecule has 0 aliphatic rings. The maximum absolute atomic E-state index is 12.5. The molecule has 0 bridgehead atoms. The standard InChI is InChI=1S/C15H17F3N4OS2.HI/c1-19-14(20-7-8-25(23)11-5-3-2-4-6-11)21-9-13-22-12(10-24-13)15(16,17)18;/h2-6,10H,7-9H2,1H3,(H2,19,20,21);1H. The summed E-state index contributed by atoms with van der Waals surface area (Å²) >= 11 is 0.930. The Bertz CT molecular complexity index is 738. The van der Waals surface area contributed by atoms with Crippen LogP contribution >= 0.6 is 35.3 Å². The second kappa shape index (κ2) is 10.8. The van der Waals surface area contributed by atoms with E-state index in [1.165, 1.54) is 0 Å². The molecule has 2 aromatic rings. The molecule has 2 rings (SSSR count). The van der Waals surface area contributed by atoms with Crippen LogP contribution in [0.1, 0.15) is 10.7 Å². The first-order valence-corrected chi connectivity index (χ1v) is 9.49. The normalized spacial score (nSPS) is 13.0. The summed E-state index contributed by atoms with van der Waals surface area (Å²) in [5.74, 6) is 0.800. The van der Waals surface area contributed by atoms with Gasteiger partial charge in [0.25, 0.3) is 0 Å². The Kier molecular flexibility index (Phi) is 9.50. The number of alkyl halides is 3. The monoisotopic (exact) mass is 518 g/mol. The number of hydrogen-bond donors (Lipinski definition) is 2. The molecule has 0 radical (unpaired) electrons. The van der Waals surface area contributed by atoms with E-state index >= 15 is 0 Å². The average molecular weight is 518 g/mol. The Hall–Kier alpha value is -1.21. The van der Waals surface area contributed by atoms with Crippen LogP contribution in [0.15, 0.2) is 45.6 Å². The third-order valence-electron chi connectivity index (χ3n) is 3.06. The highest BCUT2D eigenvalue weighted by atomic mass is 127. The molecule has 11 heteroatoms. The lowest BCUT2D eigenvalue weighted by Crippen LogP contribution is -2.38.